The van der Waals surface area contributed by atoms with Crippen LogP contribution in [-0.2, 0) is 17.9 Å². The first-order valence-electron chi connectivity index (χ1n) is 8.81. The molecular weight excluding hydrogens is 360 g/mol. The molecule has 0 aliphatic rings. The van der Waals surface area contributed by atoms with Crippen LogP contribution in [0.3, 0.4) is 0 Å². The zero-order valence-corrected chi connectivity index (χ0v) is 15.7. The van der Waals surface area contributed by atoms with Crippen LogP contribution in [0.15, 0.2) is 59.8 Å². The van der Waals surface area contributed by atoms with E-state index in [1.165, 1.54) is 16.9 Å². The minimum atomic E-state index is -0.0903. The third-order valence-electron chi connectivity index (χ3n) is 4.09. The van der Waals surface area contributed by atoms with Gasteiger partial charge in [0.2, 0.25) is 5.91 Å². The number of thiophene rings is 1. The smallest absolute Gasteiger partial charge is 0.252 e. The number of benzene rings is 1. The first-order chi connectivity index (χ1) is 13.2. The van der Waals surface area contributed by atoms with Crippen molar-refractivity contribution in [2.24, 2.45) is 0 Å². The average Bonchev–Trinajstić information content (AvgIpc) is 3.38. The summed E-state index contributed by atoms with van der Waals surface area (Å²) in [5, 5.41) is 9.41. The van der Waals surface area contributed by atoms with E-state index >= 15 is 0 Å². The van der Waals surface area contributed by atoms with Crippen LogP contribution in [-0.4, -0.2) is 27.9 Å². The molecule has 27 heavy (non-hydrogen) atoms. The fourth-order valence-corrected chi connectivity index (χ4v) is 3.23. The number of nitrogens with zero attached hydrogens (tertiary/aromatic N) is 2. The lowest BCUT2D eigenvalue weighted by atomic mass is 10.1. The Hall–Kier alpha value is -2.93. The summed E-state index contributed by atoms with van der Waals surface area (Å²) in [6.07, 6.45) is 6.49. The fraction of sp³-hybridized carbons (Fsp3) is 0.250. The van der Waals surface area contributed by atoms with Gasteiger partial charge in [-0.3, -0.25) is 9.59 Å². The van der Waals surface area contributed by atoms with E-state index in [0.29, 0.717) is 31.5 Å². The highest BCUT2D eigenvalue weighted by Crippen LogP contribution is 2.07. The lowest BCUT2D eigenvalue weighted by Gasteiger charge is -2.08. The zero-order chi connectivity index (χ0) is 18.9. The molecule has 3 rings (SSSR count). The molecule has 0 unspecified atom stereocenters. The summed E-state index contributed by atoms with van der Waals surface area (Å²) >= 11 is 1.49. The predicted octanol–water partition coefficient (Wildman–Crippen LogP) is 2.82. The van der Waals surface area contributed by atoms with E-state index in [9.17, 15) is 9.59 Å². The van der Waals surface area contributed by atoms with Crippen molar-refractivity contribution >= 4 is 23.2 Å². The molecule has 0 atom stereocenters. The maximum absolute atomic E-state index is 11.9. The Labute approximate surface area is 162 Å². The monoisotopic (exact) mass is 382 g/mol. The molecule has 0 spiro atoms. The summed E-state index contributed by atoms with van der Waals surface area (Å²) in [5.74, 6) is -0.102. The van der Waals surface area contributed by atoms with E-state index in [1.54, 1.807) is 18.6 Å². The normalized spacial score (nSPS) is 10.5. The topological polar surface area (TPSA) is 76.0 Å². The Morgan fingerprint density at radius 2 is 1.89 bits per heavy atom. The van der Waals surface area contributed by atoms with Gasteiger partial charge in [-0.05, 0) is 29.0 Å². The van der Waals surface area contributed by atoms with Crippen LogP contribution in [0.2, 0.25) is 0 Å². The maximum atomic E-state index is 11.9. The molecule has 3 aromatic rings. The molecule has 2 aromatic heterocycles. The van der Waals surface area contributed by atoms with Crippen LogP contribution in [0.5, 0.6) is 0 Å². The van der Waals surface area contributed by atoms with Crippen molar-refractivity contribution in [2.75, 3.05) is 6.54 Å². The maximum Gasteiger partial charge on any atom is 0.252 e. The quantitative estimate of drug-likeness (QED) is 0.559. The molecule has 0 saturated carbocycles. The predicted molar refractivity (Wildman–Crippen MR) is 106 cm³/mol. The van der Waals surface area contributed by atoms with Gasteiger partial charge in [-0.2, -0.15) is 11.3 Å². The van der Waals surface area contributed by atoms with Gasteiger partial charge >= 0.3 is 0 Å². The van der Waals surface area contributed by atoms with Crippen LogP contribution in [0, 0.1) is 0 Å². The van der Waals surface area contributed by atoms with Crippen LogP contribution in [0.25, 0.3) is 0 Å². The number of carbonyl (C=O) groups is 2. The van der Waals surface area contributed by atoms with E-state index in [4.69, 9.17) is 0 Å². The SMILES string of the molecule is O=C(CCCNC(=O)c1ccsc1)NCc1ccc(Cn2ccnc2)cc1. The summed E-state index contributed by atoms with van der Waals surface area (Å²) in [5.41, 5.74) is 2.91. The van der Waals surface area contributed by atoms with Crippen LogP contribution in [0.1, 0.15) is 34.3 Å². The Kier molecular flexibility index (Phi) is 6.76. The van der Waals surface area contributed by atoms with E-state index in [0.717, 1.165) is 12.1 Å². The molecule has 2 heterocycles. The number of carbonyl (C=O) groups excluding carboxylic acids is 2. The van der Waals surface area contributed by atoms with E-state index < -0.39 is 0 Å². The number of imidazole rings is 1. The van der Waals surface area contributed by atoms with Gasteiger partial charge < -0.3 is 15.2 Å². The van der Waals surface area contributed by atoms with E-state index in [1.807, 2.05) is 33.7 Å². The molecule has 2 amide bonds. The molecule has 0 aliphatic carbocycles. The Balaban J connectivity index is 1.32. The molecule has 0 aliphatic heterocycles. The number of nitrogens with one attached hydrogen (secondary N) is 2. The van der Waals surface area contributed by atoms with Gasteiger partial charge in [0.05, 0.1) is 6.33 Å². The first kappa shape index (κ1) is 18.8. The van der Waals surface area contributed by atoms with Crippen molar-refractivity contribution in [2.45, 2.75) is 25.9 Å². The summed E-state index contributed by atoms with van der Waals surface area (Å²) in [6, 6.07) is 9.94. The second-order valence-corrected chi connectivity index (χ2v) is 6.98. The highest BCUT2D eigenvalue weighted by atomic mass is 32.1. The number of hydrogen-bond acceptors (Lipinski definition) is 4. The molecule has 140 valence electrons. The van der Waals surface area contributed by atoms with Gasteiger partial charge in [-0.25, -0.2) is 4.98 Å². The van der Waals surface area contributed by atoms with Gasteiger partial charge in [-0.15, -0.1) is 0 Å². The Morgan fingerprint density at radius 1 is 1.07 bits per heavy atom. The minimum absolute atomic E-state index is 0.0118. The number of aromatic nitrogens is 2. The molecule has 0 saturated heterocycles. The number of amides is 2. The lowest BCUT2D eigenvalue weighted by molar-refractivity contribution is -0.121. The van der Waals surface area contributed by atoms with E-state index in [2.05, 4.69) is 27.8 Å². The van der Waals surface area contributed by atoms with Crippen molar-refractivity contribution in [1.29, 1.82) is 0 Å². The largest absolute Gasteiger partial charge is 0.352 e. The fourth-order valence-electron chi connectivity index (χ4n) is 2.59. The highest BCUT2D eigenvalue weighted by molar-refractivity contribution is 7.08. The molecule has 6 nitrogen and oxygen atoms in total. The average molecular weight is 382 g/mol. The molecule has 1 aromatic carbocycles. The molecular formula is C20H22N4O2S. The standard InChI is InChI=1S/C20H22N4O2S/c25-19(2-1-8-22-20(26)18-7-11-27-14-18)23-12-16-3-5-17(6-4-16)13-24-10-9-21-15-24/h3-7,9-11,14-15H,1-2,8,12-13H2,(H,22,26)(H,23,25). The van der Waals surface area contributed by atoms with Crippen LogP contribution in [0.4, 0.5) is 0 Å². The summed E-state index contributed by atoms with van der Waals surface area (Å²) in [6.45, 7) is 1.78. The van der Waals surface area contributed by atoms with Gasteiger partial charge in [0.1, 0.15) is 0 Å². The van der Waals surface area contributed by atoms with Gasteiger partial charge in [0.15, 0.2) is 0 Å². The number of rotatable bonds is 9. The van der Waals surface area contributed by atoms with Crippen molar-refractivity contribution in [1.82, 2.24) is 20.2 Å². The summed E-state index contributed by atoms with van der Waals surface area (Å²) in [7, 11) is 0. The van der Waals surface area contributed by atoms with Crippen molar-refractivity contribution in [3.8, 4) is 0 Å². The molecule has 0 radical (unpaired) electrons. The van der Waals surface area contributed by atoms with Crippen molar-refractivity contribution < 1.29 is 9.59 Å². The van der Waals surface area contributed by atoms with Crippen LogP contribution < -0.4 is 10.6 Å². The lowest BCUT2D eigenvalue weighted by Crippen LogP contribution is -2.27. The molecule has 2 N–H and O–H groups in total. The van der Waals surface area contributed by atoms with Crippen molar-refractivity contribution in [3.05, 3.63) is 76.5 Å². The third kappa shape index (κ3) is 6.07. The van der Waals surface area contributed by atoms with Crippen molar-refractivity contribution in [3.63, 3.8) is 0 Å². The van der Waals surface area contributed by atoms with Gasteiger partial charge in [-0.1, -0.05) is 24.3 Å². The summed E-state index contributed by atoms with van der Waals surface area (Å²) in [4.78, 5) is 27.7. The van der Waals surface area contributed by atoms with Crippen LogP contribution >= 0.6 is 11.3 Å². The number of hydrogen-bond donors (Lipinski definition) is 2. The Bertz CT molecular complexity index is 843. The molecule has 0 fully saturated rings. The third-order valence-corrected chi connectivity index (χ3v) is 4.77. The first-order valence-corrected chi connectivity index (χ1v) is 9.75. The highest BCUT2D eigenvalue weighted by Gasteiger charge is 2.06. The minimum Gasteiger partial charge on any atom is -0.352 e. The van der Waals surface area contributed by atoms with Gasteiger partial charge in [0.25, 0.3) is 5.91 Å². The second-order valence-electron chi connectivity index (χ2n) is 6.20. The molecule has 0 bridgehead atoms. The molecule has 7 heteroatoms. The van der Waals surface area contributed by atoms with Gasteiger partial charge in [0, 0.05) is 49.4 Å². The van der Waals surface area contributed by atoms with E-state index in [-0.39, 0.29) is 11.8 Å². The second kappa shape index (κ2) is 9.68. The zero-order valence-electron chi connectivity index (χ0n) is 14.9. The Morgan fingerprint density at radius 3 is 2.59 bits per heavy atom. The summed E-state index contributed by atoms with van der Waals surface area (Å²) < 4.78 is 2.01.